The molecule has 0 saturated carbocycles. The lowest BCUT2D eigenvalue weighted by Gasteiger charge is -2.16. The Morgan fingerprint density at radius 3 is 2.62 bits per heavy atom. The van der Waals surface area contributed by atoms with Crippen LogP contribution in [0.25, 0.3) is 6.08 Å². The molecule has 0 unspecified atom stereocenters. The summed E-state index contributed by atoms with van der Waals surface area (Å²) in [5.41, 5.74) is 3.10. The number of ether oxygens (including phenoxy) is 3. The van der Waals surface area contributed by atoms with E-state index in [0.717, 1.165) is 16.8 Å². The molecule has 3 aromatic rings. The second kappa shape index (κ2) is 11.9. The Hall–Kier alpha value is -3.82. The van der Waals surface area contributed by atoms with Gasteiger partial charge in [-0.25, -0.2) is 0 Å². The zero-order valence-electron chi connectivity index (χ0n) is 20.6. The highest BCUT2D eigenvalue weighted by molar-refractivity contribution is 8.27. The monoisotopic (exact) mass is 534 g/mol. The lowest BCUT2D eigenvalue weighted by molar-refractivity contribution is -0.118. The SMILES string of the molecule is CCOc1cc(/C=C2\SC(=S)N(c3ccccc3C)C2=O)ccc1OCC(=O)Nc1cccc(OC)c1. The second-order valence-electron chi connectivity index (χ2n) is 8.01. The maximum atomic E-state index is 13.2. The van der Waals surface area contributed by atoms with Gasteiger partial charge in [-0.05, 0) is 61.4 Å². The number of benzene rings is 3. The standard InChI is InChI=1S/C28H26N2O5S2/c1-4-34-24-14-19(15-25-27(32)30(28(36)37-25)22-11-6-5-8-18(22)2)12-13-23(24)35-17-26(31)29-20-9-7-10-21(16-20)33-3/h5-16H,4,17H2,1-3H3,(H,29,31)/b25-15-. The number of hydrogen-bond donors (Lipinski definition) is 1. The molecule has 1 fully saturated rings. The highest BCUT2D eigenvalue weighted by Gasteiger charge is 2.34. The molecule has 1 aliphatic heterocycles. The van der Waals surface area contributed by atoms with Crippen LogP contribution in [-0.2, 0) is 9.59 Å². The number of para-hydroxylation sites is 1. The summed E-state index contributed by atoms with van der Waals surface area (Å²) in [4.78, 5) is 27.6. The van der Waals surface area contributed by atoms with Crippen LogP contribution < -0.4 is 24.4 Å². The van der Waals surface area contributed by atoms with Gasteiger partial charge in [0.05, 0.1) is 24.3 Å². The number of rotatable bonds is 9. The Morgan fingerprint density at radius 2 is 1.86 bits per heavy atom. The third-order valence-corrected chi connectivity index (χ3v) is 6.73. The average molecular weight is 535 g/mol. The molecule has 0 atom stereocenters. The molecule has 7 nitrogen and oxygen atoms in total. The van der Waals surface area contributed by atoms with Crippen molar-refractivity contribution in [3.8, 4) is 17.2 Å². The van der Waals surface area contributed by atoms with Gasteiger partial charge in [0.1, 0.15) is 5.75 Å². The van der Waals surface area contributed by atoms with E-state index in [4.69, 9.17) is 26.4 Å². The number of aryl methyl sites for hydroxylation is 1. The van der Waals surface area contributed by atoms with Gasteiger partial charge in [0, 0.05) is 11.8 Å². The van der Waals surface area contributed by atoms with E-state index in [-0.39, 0.29) is 18.4 Å². The van der Waals surface area contributed by atoms with Crippen molar-refractivity contribution in [2.75, 3.05) is 30.5 Å². The van der Waals surface area contributed by atoms with Crippen LogP contribution in [-0.4, -0.2) is 36.5 Å². The van der Waals surface area contributed by atoms with Crippen LogP contribution in [0, 0.1) is 6.92 Å². The minimum atomic E-state index is -0.320. The molecular weight excluding hydrogens is 508 g/mol. The highest BCUT2D eigenvalue weighted by atomic mass is 32.2. The van der Waals surface area contributed by atoms with Gasteiger partial charge in [-0.1, -0.05) is 54.3 Å². The fourth-order valence-corrected chi connectivity index (χ4v) is 4.97. The van der Waals surface area contributed by atoms with Crippen LogP contribution in [0.4, 0.5) is 11.4 Å². The van der Waals surface area contributed by atoms with Gasteiger partial charge in [-0.15, -0.1) is 0 Å². The molecule has 37 heavy (non-hydrogen) atoms. The van der Waals surface area contributed by atoms with E-state index < -0.39 is 0 Å². The largest absolute Gasteiger partial charge is 0.497 e. The highest BCUT2D eigenvalue weighted by Crippen LogP contribution is 2.38. The molecule has 4 rings (SSSR count). The van der Waals surface area contributed by atoms with Crippen LogP contribution in [0.1, 0.15) is 18.1 Å². The zero-order chi connectivity index (χ0) is 26.4. The number of carbonyl (C=O) groups is 2. The van der Waals surface area contributed by atoms with Gasteiger partial charge in [0.2, 0.25) is 0 Å². The van der Waals surface area contributed by atoms with Crippen molar-refractivity contribution in [1.82, 2.24) is 0 Å². The Labute approximate surface area is 225 Å². The maximum absolute atomic E-state index is 13.2. The molecule has 190 valence electrons. The van der Waals surface area contributed by atoms with E-state index in [1.54, 1.807) is 60.6 Å². The predicted octanol–water partition coefficient (Wildman–Crippen LogP) is 5.83. The molecule has 0 bridgehead atoms. The molecule has 1 N–H and O–H groups in total. The maximum Gasteiger partial charge on any atom is 0.270 e. The van der Waals surface area contributed by atoms with Crippen LogP contribution in [0.3, 0.4) is 0 Å². The average Bonchev–Trinajstić information content (AvgIpc) is 3.16. The van der Waals surface area contributed by atoms with Crippen LogP contribution >= 0.6 is 24.0 Å². The van der Waals surface area contributed by atoms with E-state index >= 15 is 0 Å². The van der Waals surface area contributed by atoms with Gasteiger partial charge in [0.15, 0.2) is 22.4 Å². The van der Waals surface area contributed by atoms with Crippen LogP contribution in [0.2, 0.25) is 0 Å². The second-order valence-corrected chi connectivity index (χ2v) is 9.69. The molecule has 1 saturated heterocycles. The van der Waals surface area contributed by atoms with Gasteiger partial charge < -0.3 is 19.5 Å². The number of thiocarbonyl (C=S) groups is 1. The number of nitrogens with zero attached hydrogens (tertiary/aromatic N) is 1. The first-order valence-corrected chi connectivity index (χ1v) is 12.8. The van der Waals surface area contributed by atoms with E-state index in [1.807, 2.05) is 38.1 Å². The summed E-state index contributed by atoms with van der Waals surface area (Å²) < 4.78 is 17.1. The van der Waals surface area contributed by atoms with E-state index in [0.29, 0.717) is 38.8 Å². The summed E-state index contributed by atoms with van der Waals surface area (Å²) in [6.07, 6.45) is 1.78. The Balaban J connectivity index is 1.47. The molecule has 9 heteroatoms. The first-order valence-electron chi connectivity index (χ1n) is 11.6. The number of thioether (sulfide) groups is 1. The fourth-order valence-electron chi connectivity index (χ4n) is 3.68. The summed E-state index contributed by atoms with van der Waals surface area (Å²) in [6.45, 7) is 4.01. The van der Waals surface area contributed by atoms with Crippen molar-refractivity contribution in [2.24, 2.45) is 0 Å². The number of nitrogens with one attached hydrogen (secondary N) is 1. The number of anilines is 2. The number of hydrogen-bond acceptors (Lipinski definition) is 7. The molecule has 0 aromatic heterocycles. The summed E-state index contributed by atoms with van der Waals surface area (Å²) in [6, 6.07) is 20.0. The number of carbonyl (C=O) groups excluding carboxylic acids is 2. The van der Waals surface area contributed by atoms with Crippen molar-refractivity contribution in [1.29, 1.82) is 0 Å². The van der Waals surface area contributed by atoms with Gasteiger partial charge in [0.25, 0.3) is 11.8 Å². The molecule has 1 heterocycles. The van der Waals surface area contributed by atoms with Crippen LogP contribution in [0.15, 0.2) is 71.6 Å². The third-order valence-electron chi connectivity index (χ3n) is 5.43. The number of methoxy groups -OCH3 is 1. The molecule has 0 spiro atoms. The topological polar surface area (TPSA) is 77.1 Å². The Morgan fingerprint density at radius 1 is 1.05 bits per heavy atom. The molecule has 0 radical (unpaired) electrons. The Bertz CT molecular complexity index is 1370. The lowest BCUT2D eigenvalue weighted by atomic mass is 10.1. The molecular formula is C28H26N2O5S2. The van der Waals surface area contributed by atoms with Crippen molar-refractivity contribution in [3.63, 3.8) is 0 Å². The van der Waals surface area contributed by atoms with E-state index in [9.17, 15) is 9.59 Å². The predicted molar refractivity (Wildman–Crippen MR) is 152 cm³/mol. The van der Waals surface area contributed by atoms with Crippen LogP contribution in [0.5, 0.6) is 17.2 Å². The van der Waals surface area contributed by atoms with Gasteiger partial charge in [-0.2, -0.15) is 0 Å². The Kier molecular flexibility index (Phi) is 8.47. The molecule has 0 aliphatic carbocycles. The zero-order valence-corrected chi connectivity index (χ0v) is 22.3. The van der Waals surface area contributed by atoms with Crippen molar-refractivity contribution < 1.29 is 23.8 Å². The fraction of sp³-hybridized carbons (Fsp3) is 0.179. The minimum Gasteiger partial charge on any atom is -0.497 e. The summed E-state index contributed by atoms with van der Waals surface area (Å²) in [7, 11) is 1.56. The first kappa shape index (κ1) is 26.2. The van der Waals surface area contributed by atoms with Crippen molar-refractivity contribution in [3.05, 3.63) is 82.8 Å². The van der Waals surface area contributed by atoms with Crippen molar-refractivity contribution in [2.45, 2.75) is 13.8 Å². The molecule has 1 aliphatic rings. The smallest absolute Gasteiger partial charge is 0.270 e. The third kappa shape index (κ3) is 6.31. The normalized spacial score (nSPS) is 14.1. The first-order chi connectivity index (χ1) is 17.9. The number of amides is 2. The lowest BCUT2D eigenvalue weighted by Crippen LogP contribution is -2.28. The summed E-state index contributed by atoms with van der Waals surface area (Å²) in [5.74, 6) is 1.05. The van der Waals surface area contributed by atoms with Crippen molar-refractivity contribution >= 4 is 57.6 Å². The van der Waals surface area contributed by atoms with E-state index in [2.05, 4.69) is 5.32 Å². The molecule has 3 aromatic carbocycles. The molecule has 2 amide bonds. The quantitative estimate of drug-likeness (QED) is 0.274. The van der Waals surface area contributed by atoms with Gasteiger partial charge >= 0.3 is 0 Å². The van der Waals surface area contributed by atoms with Gasteiger partial charge in [-0.3, -0.25) is 14.5 Å². The summed E-state index contributed by atoms with van der Waals surface area (Å²) >= 11 is 6.75. The summed E-state index contributed by atoms with van der Waals surface area (Å²) in [5, 5.41) is 2.78. The minimum absolute atomic E-state index is 0.170. The van der Waals surface area contributed by atoms with E-state index in [1.165, 1.54) is 11.8 Å².